The van der Waals surface area contributed by atoms with Gasteiger partial charge in [0.1, 0.15) is 5.00 Å². The molecule has 0 aliphatic rings. The summed E-state index contributed by atoms with van der Waals surface area (Å²) in [6.45, 7) is 0. The van der Waals surface area contributed by atoms with Gasteiger partial charge in [-0.3, -0.25) is 4.79 Å². The minimum atomic E-state index is -0.454. The minimum Gasteiger partial charge on any atom is -0.320 e. The van der Waals surface area contributed by atoms with Crippen LogP contribution in [0.5, 0.6) is 0 Å². The number of hydrogen-bond acceptors (Lipinski definition) is 6. The number of aromatic nitrogens is 2. The minimum absolute atomic E-state index is 0.176. The molecule has 3 N–H and O–H groups in total. The summed E-state index contributed by atoms with van der Waals surface area (Å²) in [6, 6.07) is -0.454. The van der Waals surface area contributed by atoms with E-state index in [1.165, 1.54) is 6.20 Å². The van der Waals surface area contributed by atoms with E-state index in [9.17, 15) is 4.79 Å². The zero-order valence-corrected chi connectivity index (χ0v) is 9.40. The Morgan fingerprint density at radius 1 is 1.86 bits per heavy atom. The van der Waals surface area contributed by atoms with E-state index in [1.54, 1.807) is 11.8 Å². The molecule has 7 heteroatoms. The fourth-order valence-corrected chi connectivity index (χ4v) is 1.72. The van der Waals surface area contributed by atoms with Gasteiger partial charge in [0.25, 0.3) is 0 Å². The first-order chi connectivity index (χ1) is 6.74. The quantitative estimate of drug-likeness (QED) is 0.775. The van der Waals surface area contributed by atoms with E-state index in [0.717, 1.165) is 17.3 Å². The largest absolute Gasteiger partial charge is 0.320 e. The zero-order chi connectivity index (χ0) is 10.4. The molecule has 0 aliphatic heterocycles. The van der Waals surface area contributed by atoms with Gasteiger partial charge in [0, 0.05) is 11.5 Å². The topological polar surface area (TPSA) is 80.9 Å². The van der Waals surface area contributed by atoms with Crippen molar-refractivity contribution in [1.82, 2.24) is 9.59 Å². The lowest BCUT2D eigenvalue weighted by atomic mass is 10.2. The summed E-state index contributed by atoms with van der Waals surface area (Å²) >= 11 is 2.81. The van der Waals surface area contributed by atoms with Crippen molar-refractivity contribution in [3.8, 4) is 0 Å². The predicted molar refractivity (Wildman–Crippen MR) is 59.5 cm³/mol. The number of nitrogens with zero attached hydrogens (tertiary/aromatic N) is 2. The summed E-state index contributed by atoms with van der Waals surface area (Å²) in [4.78, 5) is 11.4. The molecule has 0 unspecified atom stereocenters. The number of thioether (sulfide) groups is 1. The van der Waals surface area contributed by atoms with E-state index < -0.39 is 6.04 Å². The number of amides is 1. The lowest BCUT2D eigenvalue weighted by Crippen LogP contribution is -2.35. The molecule has 1 aromatic rings. The first kappa shape index (κ1) is 11.4. The molecule has 0 saturated heterocycles. The van der Waals surface area contributed by atoms with Gasteiger partial charge in [0.05, 0.1) is 12.2 Å². The Balaban J connectivity index is 2.34. The monoisotopic (exact) mass is 232 g/mol. The normalized spacial score (nSPS) is 12.4. The van der Waals surface area contributed by atoms with E-state index in [2.05, 4.69) is 14.9 Å². The van der Waals surface area contributed by atoms with Crippen LogP contribution in [0.4, 0.5) is 5.00 Å². The summed E-state index contributed by atoms with van der Waals surface area (Å²) in [7, 11) is 0. The lowest BCUT2D eigenvalue weighted by Gasteiger charge is -2.09. The smallest absolute Gasteiger partial charge is 0.242 e. The molecule has 0 aromatic carbocycles. The SMILES string of the molecule is CSCC[C@H](N)C(=O)Nc1cnns1. The van der Waals surface area contributed by atoms with Crippen molar-refractivity contribution in [2.45, 2.75) is 12.5 Å². The van der Waals surface area contributed by atoms with Crippen LogP contribution in [0, 0.1) is 0 Å². The van der Waals surface area contributed by atoms with E-state index in [4.69, 9.17) is 5.73 Å². The third kappa shape index (κ3) is 3.60. The Labute approximate surface area is 90.6 Å². The molecule has 1 heterocycles. The van der Waals surface area contributed by atoms with Crippen LogP contribution >= 0.6 is 23.3 Å². The summed E-state index contributed by atoms with van der Waals surface area (Å²) in [5.41, 5.74) is 5.66. The van der Waals surface area contributed by atoms with Crippen LogP contribution in [0.1, 0.15) is 6.42 Å². The van der Waals surface area contributed by atoms with Crippen LogP contribution in [0.15, 0.2) is 6.20 Å². The molecule has 0 bridgehead atoms. The van der Waals surface area contributed by atoms with Crippen LogP contribution in [0.3, 0.4) is 0 Å². The highest BCUT2D eigenvalue weighted by atomic mass is 32.2. The van der Waals surface area contributed by atoms with Gasteiger partial charge in [-0.1, -0.05) is 4.49 Å². The maximum absolute atomic E-state index is 11.4. The van der Waals surface area contributed by atoms with Gasteiger partial charge in [0.2, 0.25) is 5.91 Å². The predicted octanol–water partition coefficient (Wildman–Crippen LogP) is 0.557. The van der Waals surface area contributed by atoms with Crippen molar-refractivity contribution < 1.29 is 4.79 Å². The summed E-state index contributed by atoms with van der Waals surface area (Å²) in [6.07, 6.45) is 4.17. The van der Waals surface area contributed by atoms with Crippen LogP contribution in [-0.4, -0.2) is 33.5 Å². The van der Waals surface area contributed by atoms with Gasteiger partial charge in [-0.2, -0.15) is 11.8 Å². The molecule has 1 amide bonds. The fourth-order valence-electron chi connectivity index (χ4n) is 0.812. The number of rotatable bonds is 5. The lowest BCUT2D eigenvalue weighted by molar-refractivity contribution is -0.117. The highest BCUT2D eigenvalue weighted by Crippen LogP contribution is 2.10. The first-order valence-corrected chi connectivity index (χ1v) is 6.23. The number of carbonyl (C=O) groups is 1. The second-order valence-corrected chi connectivity index (χ2v) is 4.43. The van der Waals surface area contributed by atoms with Crippen LogP contribution in [0.25, 0.3) is 0 Å². The number of nitrogens with one attached hydrogen (secondary N) is 1. The molecule has 78 valence electrons. The molecule has 1 rings (SSSR count). The highest BCUT2D eigenvalue weighted by molar-refractivity contribution is 7.98. The molecule has 14 heavy (non-hydrogen) atoms. The van der Waals surface area contributed by atoms with Gasteiger partial charge in [0.15, 0.2) is 0 Å². The van der Waals surface area contributed by atoms with E-state index in [-0.39, 0.29) is 5.91 Å². The molecule has 5 nitrogen and oxygen atoms in total. The average molecular weight is 232 g/mol. The second-order valence-electron chi connectivity index (χ2n) is 2.66. The third-order valence-corrected chi connectivity index (χ3v) is 2.80. The summed E-state index contributed by atoms with van der Waals surface area (Å²) < 4.78 is 3.63. The van der Waals surface area contributed by atoms with Gasteiger partial charge in [-0.15, -0.1) is 5.10 Å². The standard InChI is InChI=1S/C7H12N4OS2/c1-13-3-2-5(8)7(12)10-6-4-9-11-14-6/h4-5H,2-3,8H2,1H3,(H,10,12)/t5-/m0/s1. The van der Waals surface area contributed by atoms with Crippen molar-refractivity contribution in [2.75, 3.05) is 17.3 Å². The van der Waals surface area contributed by atoms with E-state index in [1.807, 2.05) is 6.26 Å². The van der Waals surface area contributed by atoms with Gasteiger partial charge >= 0.3 is 0 Å². The van der Waals surface area contributed by atoms with Crippen molar-refractivity contribution in [1.29, 1.82) is 0 Å². The molecule has 0 aliphatic carbocycles. The maximum Gasteiger partial charge on any atom is 0.242 e. The van der Waals surface area contributed by atoms with Gasteiger partial charge < -0.3 is 11.1 Å². The van der Waals surface area contributed by atoms with Crippen molar-refractivity contribution in [3.63, 3.8) is 0 Å². The molecule has 0 fully saturated rings. The van der Waals surface area contributed by atoms with Gasteiger partial charge in [-0.05, 0) is 18.4 Å². The van der Waals surface area contributed by atoms with E-state index >= 15 is 0 Å². The Morgan fingerprint density at radius 3 is 3.21 bits per heavy atom. The van der Waals surface area contributed by atoms with Crippen LogP contribution < -0.4 is 11.1 Å². The Kier molecular flexibility index (Phi) is 4.85. The van der Waals surface area contributed by atoms with Crippen LogP contribution in [0.2, 0.25) is 0 Å². The number of carbonyl (C=O) groups excluding carboxylic acids is 1. The summed E-state index contributed by atoms with van der Waals surface area (Å²) in [5, 5.41) is 6.89. The molecule has 1 atom stereocenters. The van der Waals surface area contributed by atoms with Gasteiger partial charge in [-0.25, -0.2) is 0 Å². The van der Waals surface area contributed by atoms with Crippen molar-refractivity contribution in [2.24, 2.45) is 5.73 Å². The average Bonchev–Trinajstić information content (AvgIpc) is 2.66. The molecule has 0 saturated carbocycles. The van der Waals surface area contributed by atoms with E-state index in [0.29, 0.717) is 11.4 Å². The maximum atomic E-state index is 11.4. The van der Waals surface area contributed by atoms with Crippen molar-refractivity contribution in [3.05, 3.63) is 6.20 Å². The second kappa shape index (κ2) is 5.94. The molecule has 0 radical (unpaired) electrons. The first-order valence-electron chi connectivity index (χ1n) is 4.06. The Bertz CT molecular complexity index is 277. The Hall–Kier alpha value is -0.660. The van der Waals surface area contributed by atoms with Crippen molar-refractivity contribution >= 4 is 34.2 Å². The zero-order valence-electron chi connectivity index (χ0n) is 7.77. The molecular formula is C7H12N4OS2. The molecule has 0 spiro atoms. The Morgan fingerprint density at radius 2 is 2.64 bits per heavy atom. The summed E-state index contributed by atoms with van der Waals surface area (Å²) in [5.74, 6) is 0.709. The molecular weight excluding hydrogens is 220 g/mol. The number of nitrogens with two attached hydrogens (primary N) is 1. The number of anilines is 1. The molecule has 1 aromatic heterocycles. The fraction of sp³-hybridized carbons (Fsp3) is 0.571. The number of hydrogen-bond donors (Lipinski definition) is 2. The van der Waals surface area contributed by atoms with Crippen LogP contribution in [-0.2, 0) is 4.79 Å². The third-order valence-electron chi connectivity index (χ3n) is 1.58. The highest BCUT2D eigenvalue weighted by Gasteiger charge is 2.13.